The van der Waals surface area contributed by atoms with E-state index in [-0.39, 0.29) is 24.4 Å². The van der Waals surface area contributed by atoms with Gasteiger partial charge in [0.15, 0.2) is 0 Å². The maximum absolute atomic E-state index is 11.4. The maximum Gasteiger partial charge on any atom is 0.238 e. The topological polar surface area (TPSA) is 93.9 Å². The van der Waals surface area contributed by atoms with Crippen LogP contribution in [0.2, 0.25) is 0 Å². The SMILES string of the molecule is Cl.NC(=O)[C@@H]1CCCN1Oc1ccc(N=C(N)c2cccs2)cc1. The molecule has 4 N–H and O–H groups in total. The molecule has 2 aromatic rings. The monoisotopic (exact) mass is 366 g/mol. The number of carbonyl (C=O) groups is 1. The summed E-state index contributed by atoms with van der Waals surface area (Å²) >= 11 is 1.55. The fraction of sp³-hybridized carbons (Fsp3) is 0.250. The van der Waals surface area contributed by atoms with Crippen LogP contribution >= 0.6 is 23.7 Å². The molecule has 1 aromatic carbocycles. The summed E-state index contributed by atoms with van der Waals surface area (Å²) in [6, 6.07) is 10.8. The number of hydrogen-bond donors (Lipinski definition) is 2. The Morgan fingerprint density at radius 1 is 1.25 bits per heavy atom. The van der Waals surface area contributed by atoms with Crippen molar-refractivity contribution in [3.05, 3.63) is 46.7 Å². The van der Waals surface area contributed by atoms with Crippen LogP contribution in [0.4, 0.5) is 5.69 Å². The maximum atomic E-state index is 11.4. The van der Waals surface area contributed by atoms with Crippen molar-refractivity contribution in [3.8, 4) is 5.75 Å². The largest absolute Gasteiger partial charge is 0.405 e. The van der Waals surface area contributed by atoms with E-state index < -0.39 is 0 Å². The van der Waals surface area contributed by atoms with E-state index in [1.807, 2.05) is 29.6 Å². The summed E-state index contributed by atoms with van der Waals surface area (Å²) in [6.07, 6.45) is 1.63. The number of rotatable bonds is 5. The van der Waals surface area contributed by atoms with E-state index in [0.717, 1.165) is 23.4 Å². The second-order valence-electron chi connectivity index (χ2n) is 5.26. The van der Waals surface area contributed by atoms with Crippen molar-refractivity contribution in [2.75, 3.05) is 6.54 Å². The molecule has 8 heteroatoms. The van der Waals surface area contributed by atoms with Gasteiger partial charge < -0.3 is 16.3 Å². The van der Waals surface area contributed by atoms with Gasteiger partial charge in [0.2, 0.25) is 5.91 Å². The molecule has 24 heavy (non-hydrogen) atoms. The normalized spacial score (nSPS) is 18.2. The number of nitrogens with zero attached hydrogens (tertiary/aromatic N) is 2. The smallest absolute Gasteiger partial charge is 0.238 e. The molecule has 1 atom stereocenters. The van der Waals surface area contributed by atoms with Crippen LogP contribution in [0.15, 0.2) is 46.8 Å². The van der Waals surface area contributed by atoms with Gasteiger partial charge in [-0.2, -0.15) is 0 Å². The zero-order valence-electron chi connectivity index (χ0n) is 12.9. The molecule has 1 aliphatic heterocycles. The van der Waals surface area contributed by atoms with E-state index in [1.165, 1.54) is 0 Å². The summed E-state index contributed by atoms with van der Waals surface area (Å²) in [4.78, 5) is 22.4. The van der Waals surface area contributed by atoms with Gasteiger partial charge in [-0.1, -0.05) is 6.07 Å². The van der Waals surface area contributed by atoms with E-state index in [9.17, 15) is 4.79 Å². The number of benzene rings is 1. The number of primary amides is 1. The minimum atomic E-state index is -0.359. The molecular formula is C16H19ClN4O2S. The zero-order chi connectivity index (χ0) is 16.2. The Balaban J connectivity index is 0.00000208. The number of amides is 1. The molecule has 0 radical (unpaired) electrons. The Morgan fingerprint density at radius 2 is 2.00 bits per heavy atom. The van der Waals surface area contributed by atoms with Gasteiger partial charge in [-0.15, -0.1) is 28.8 Å². The summed E-state index contributed by atoms with van der Waals surface area (Å²) in [6.45, 7) is 0.693. The first-order valence-corrected chi connectivity index (χ1v) is 8.23. The number of carbonyl (C=O) groups excluding carboxylic acids is 1. The molecule has 0 saturated carbocycles. The molecule has 128 valence electrons. The van der Waals surface area contributed by atoms with E-state index in [1.54, 1.807) is 28.5 Å². The highest BCUT2D eigenvalue weighted by Gasteiger charge is 2.30. The Labute approximate surface area is 150 Å². The quantitative estimate of drug-likeness (QED) is 0.627. The van der Waals surface area contributed by atoms with Crippen LogP contribution in [0.5, 0.6) is 5.75 Å². The van der Waals surface area contributed by atoms with Crippen molar-refractivity contribution >= 4 is 41.2 Å². The van der Waals surface area contributed by atoms with Crippen LogP contribution in [-0.4, -0.2) is 29.4 Å². The van der Waals surface area contributed by atoms with Gasteiger partial charge in [0.1, 0.15) is 17.6 Å². The van der Waals surface area contributed by atoms with E-state index >= 15 is 0 Å². The summed E-state index contributed by atoms with van der Waals surface area (Å²) < 4.78 is 0. The highest BCUT2D eigenvalue weighted by molar-refractivity contribution is 7.12. The third-order valence-corrected chi connectivity index (χ3v) is 4.51. The zero-order valence-corrected chi connectivity index (χ0v) is 14.6. The molecule has 1 saturated heterocycles. The number of hydrogen-bond acceptors (Lipinski definition) is 5. The third kappa shape index (κ3) is 4.25. The number of nitrogens with two attached hydrogens (primary N) is 2. The fourth-order valence-corrected chi connectivity index (χ4v) is 3.10. The van der Waals surface area contributed by atoms with Gasteiger partial charge in [-0.05, 0) is 48.6 Å². The van der Waals surface area contributed by atoms with Gasteiger partial charge in [0.25, 0.3) is 0 Å². The number of thiophene rings is 1. The highest BCUT2D eigenvalue weighted by atomic mass is 35.5. The molecule has 0 bridgehead atoms. The number of aliphatic imine (C=N–C) groups is 1. The lowest BCUT2D eigenvalue weighted by Gasteiger charge is -2.21. The molecule has 6 nitrogen and oxygen atoms in total. The van der Waals surface area contributed by atoms with E-state index in [4.69, 9.17) is 16.3 Å². The second-order valence-corrected chi connectivity index (χ2v) is 6.21. The summed E-state index contributed by atoms with van der Waals surface area (Å²) in [5, 5.41) is 3.60. The van der Waals surface area contributed by atoms with Crippen LogP contribution in [0, 0.1) is 0 Å². The molecule has 0 unspecified atom stereocenters. The van der Waals surface area contributed by atoms with Gasteiger partial charge in [0, 0.05) is 6.54 Å². The fourth-order valence-electron chi connectivity index (χ4n) is 2.47. The van der Waals surface area contributed by atoms with Crippen molar-refractivity contribution in [1.29, 1.82) is 0 Å². The molecule has 0 aliphatic carbocycles. The molecule has 0 spiro atoms. The summed E-state index contributed by atoms with van der Waals surface area (Å²) in [7, 11) is 0. The van der Waals surface area contributed by atoms with Gasteiger partial charge in [-0.25, -0.2) is 4.99 Å². The Kier molecular flexibility index (Phi) is 6.19. The van der Waals surface area contributed by atoms with Gasteiger partial charge in [0.05, 0.1) is 10.6 Å². The van der Waals surface area contributed by atoms with Crippen molar-refractivity contribution in [2.45, 2.75) is 18.9 Å². The molecular weight excluding hydrogens is 348 g/mol. The minimum Gasteiger partial charge on any atom is -0.405 e. The van der Waals surface area contributed by atoms with Crippen LogP contribution < -0.4 is 16.3 Å². The average Bonchev–Trinajstić information content (AvgIpc) is 3.20. The number of amidine groups is 1. The predicted molar refractivity (Wildman–Crippen MR) is 97.9 cm³/mol. The molecule has 2 heterocycles. The lowest BCUT2D eigenvalue weighted by atomic mass is 10.2. The molecule has 1 aliphatic rings. The molecule has 1 amide bonds. The van der Waals surface area contributed by atoms with Crippen LogP contribution in [0.25, 0.3) is 0 Å². The predicted octanol–water partition coefficient (Wildman–Crippen LogP) is 2.45. The Bertz CT molecular complexity index is 703. The molecule has 1 aromatic heterocycles. The lowest BCUT2D eigenvalue weighted by molar-refractivity contribution is -0.135. The first-order chi connectivity index (χ1) is 11.1. The number of hydroxylamine groups is 2. The first-order valence-electron chi connectivity index (χ1n) is 7.35. The Morgan fingerprint density at radius 3 is 2.62 bits per heavy atom. The van der Waals surface area contributed by atoms with Crippen molar-refractivity contribution < 1.29 is 9.63 Å². The van der Waals surface area contributed by atoms with Crippen LogP contribution in [-0.2, 0) is 4.79 Å². The highest BCUT2D eigenvalue weighted by Crippen LogP contribution is 2.23. The third-order valence-electron chi connectivity index (χ3n) is 3.61. The van der Waals surface area contributed by atoms with E-state index in [0.29, 0.717) is 18.1 Å². The minimum absolute atomic E-state index is 0. The summed E-state index contributed by atoms with van der Waals surface area (Å²) in [5.41, 5.74) is 12.1. The first kappa shape index (κ1) is 18.3. The Hall–Kier alpha value is -2.09. The standard InChI is InChI=1S/C16H18N4O2S.ClH/c17-15(14-4-2-10-23-14)19-11-5-7-12(8-6-11)22-20-9-1-3-13(20)16(18)21;/h2,4-8,10,13H,1,3,9H2,(H2,17,19)(H2,18,21);1H/t13-;/m0./s1. The van der Waals surface area contributed by atoms with Gasteiger partial charge in [-0.3, -0.25) is 4.79 Å². The van der Waals surface area contributed by atoms with Crippen molar-refractivity contribution in [2.24, 2.45) is 16.5 Å². The van der Waals surface area contributed by atoms with E-state index in [2.05, 4.69) is 4.99 Å². The van der Waals surface area contributed by atoms with Crippen LogP contribution in [0.1, 0.15) is 17.7 Å². The van der Waals surface area contributed by atoms with Crippen LogP contribution in [0.3, 0.4) is 0 Å². The molecule has 1 fully saturated rings. The number of halogens is 1. The summed E-state index contributed by atoms with van der Waals surface area (Å²) in [5.74, 6) is 0.779. The van der Waals surface area contributed by atoms with Crippen molar-refractivity contribution in [3.63, 3.8) is 0 Å². The van der Waals surface area contributed by atoms with Gasteiger partial charge >= 0.3 is 0 Å². The average molecular weight is 367 g/mol. The second kappa shape index (κ2) is 8.14. The lowest BCUT2D eigenvalue weighted by Crippen LogP contribution is -2.42. The molecule has 3 rings (SSSR count). The van der Waals surface area contributed by atoms with Crippen molar-refractivity contribution in [1.82, 2.24) is 5.06 Å².